The third-order valence-corrected chi connectivity index (χ3v) is 6.81. The summed E-state index contributed by atoms with van der Waals surface area (Å²) in [5.74, 6) is 1.97. The van der Waals surface area contributed by atoms with E-state index in [1.165, 1.54) is 19.3 Å². The minimum Gasteiger partial charge on any atom is -0.344 e. The molecule has 3 N–H and O–H groups in total. The number of nitrogens with one attached hydrogen (secondary N) is 3. The molecule has 6 nitrogen and oxygen atoms in total. The third-order valence-electron chi connectivity index (χ3n) is 6.81. The molecule has 0 spiro atoms. The van der Waals surface area contributed by atoms with Gasteiger partial charge in [0.05, 0.1) is 0 Å². The van der Waals surface area contributed by atoms with Crippen molar-refractivity contribution in [1.29, 1.82) is 0 Å². The molecule has 0 aromatic rings. The fraction of sp³-hybridized carbons (Fsp3) is 0.750. The molecule has 5 aliphatic carbocycles. The summed E-state index contributed by atoms with van der Waals surface area (Å²) < 4.78 is 0. The molecule has 0 aromatic carbocycles. The lowest BCUT2D eigenvalue weighted by Gasteiger charge is -2.55. The Morgan fingerprint density at radius 3 is 2.27 bits per heavy atom. The van der Waals surface area contributed by atoms with Crippen molar-refractivity contribution in [1.82, 2.24) is 16.2 Å². The minimum atomic E-state index is -0.595. The van der Waals surface area contributed by atoms with Gasteiger partial charge < -0.3 is 10.7 Å². The van der Waals surface area contributed by atoms with E-state index in [-0.39, 0.29) is 23.0 Å². The van der Waals surface area contributed by atoms with Gasteiger partial charge in [-0.05, 0) is 76.0 Å². The fourth-order valence-corrected chi connectivity index (χ4v) is 5.94. The number of rotatable bonds is 5. The van der Waals surface area contributed by atoms with Crippen LogP contribution in [0.15, 0.2) is 11.8 Å². The molecule has 4 bridgehead atoms. The molecule has 26 heavy (non-hydrogen) atoms. The van der Waals surface area contributed by atoms with Gasteiger partial charge in [-0.2, -0.15) is 0 Å². The van der Waals surface area contributed by atoms with Crippen LogP contribution < -0.4 is 16.2 Å². The van der Waals surface area contributed by atoms with E-state index in [1.807, 2.05) is 0 Å². The van der Waals surface area contributed by atoms with E-state index < -0.39 is 6.04 Å². The second kappa shape index (κ2) is 6.71. The molecule has 2 amide bonds. The summed E-state index contributed by atoms with van der Waals surface area (Å²) in [5.41, 5.74) is 5.95. The molecular formula is C20H29N3O3. The van der Waals surface area contributed by atoms with Crippen LogP contribution in [-0.4, -0.2) is 23.6 Å². The first-order valence-electron chi connectivity index (χ1n) is 10.0. The zero-order chi connectivity index (χ0) is 18.3. The number of hydrogen-bond acceptors (Lipinski definition) is 4. The van der Waals surface area contributed by atoms with Gasteiger partial charge in [0.15, 0.2) is 5.78 Å². The van der Waals surface area contributed by atoms with Crippen molar-refractivity contribution in [2.45, 2.75) is 70.8 Å². The first-order chi connectivity index (χ1) is 12.4. The summed E-state index contributed by atoms with van der Waals surface area (Å²) in [6, 6.07) is -0.595. The maximum atomic E-state index is 13.0. The molecule has 0 aliphatic heterocycles. The average Bonchev–Trinajstić information content (AvgIpc) is 2.58. The van der Waals surface area contributed by atoms with E-state index in [9.17, 15) is 14.4 Å². The van der Waals surface area contributed by atoms with Crippen LogP contribution in [0.5, 0.6) is 0 Å². The molecule has 0 heterocycles. The molecule has 4 saturated carbocycles. The van der Waals surface area contributed by atoms with Crippen molar-refractivity contribution in [3.63, 3.8) is 0 Å². The Kier molecular flexibility index (Phi) is 4.53. The van der Waals surface area contributed by atoms with Gasteiger partial charge in [-0.1, -0.05) is 0 Å². The van der Waals surface area contributed by atoms with E-state index in [0.29, 0.717) is 24.2 Å². The summed E-state index contributed by atoms with van der Waals surface area (Å²) >= 11 is 0. The van der Waals surface area contributed by atoms with Crippen LogP contribution in [0.25, 0.3) is 0 Å². The van der Waals surface area contributed by atoms with Crippen LogP contribution in [0.4, 0.5) is 0 Å². The largest absolute Gasteiger partial charge is 0.344 e. The number of hydrazine groups is 1. The molecule has 0 unspecified atom stereocenters. The second-order valence-electron chi connectivity index (χ2n) is 9.00. The molecule has 0 radical (unpaired) electrons. The minimum absolute atomic E-state index is 0.0614. The lowest BCUT2D eigenvalue weighted by Crippen LogP contribution is -2.57. The van der Waals surface area contributed by atoms with Gasteiger partial charge in [0.2, 0.25) is 5.91 Å². The molecule has 142 valence electrons. The third kappa shape index (κ3) is 3.38. The first kappa shape index (κ1) is 17.6. The van der Waals surface area contributed by atoms with Crippen molar-refractivity contribution in [2.24, 2.45) is 23.2 Å². The Morgan fingerprint density at radius 2 is 1.69 bits per heavy atom. The monoisotopic (exact) mass is 359 g/mol. The lowest BCUT2D eigenvalue weighted by molar-refractivity contribution is -0.148. The van der Waals surface area contributed by atoms with E-state index in [0.717, 1.165) is 37.8 Å². The van der Waals surface area contributed by atoms with Crippen molar-refractivity contribution < 1.29 is 14.4 Å². The molecule has 0 aromatic heterocycles. The first-order valence-corrected chi connectivity index (χ1v) is 10.0. The van der Waals surface area contributed by atoms with E-state index in [4.69, 9.17) is 0 Å². The smallest absolute Gasteiger partial charge is 0.260 e. The topological polar surface area (TPSA) is 87.3 Å². The maximum absolute atomic E-state index is 13.0. The highest BCUT2D eigenvalue weighted by Crippen LogP contribution is 2.60. The molecule has 6 heteroatoms. The SMILES string of the molecule is C[C@@H](NC(=O)C12CC3CC(CC(C3)C1)C2)C(=O)NNC1=CC(=O)CCC1. The van der Waals surface area contributed by atoms with Crippen LogP contribution in [0.2, 0.25) is 0 Å². The molecule has 1 atom stereocenters. The van der Waals surface area contributed by atoms with Gasteiger partial charge in [0, 0.05) is 23.6 Å². The van der Waals surface area contributed by atoms with Crippen molar-refractivity contribution >= 4 is 17.6 Å². The highest BCUT2D eigenvalue weighted by atomic mass is 16.2. The van der Waals surface area contributed by atoms with Gasteiger partial charge >= 0.3 is 0 Å². The summed E-state index contributed by atoms with van der Waals surface area (Å²) in [7, 11) is 0. The van der Waals surface area contributed by atoms with E-state index in [2.05, 4.69) is 16.2 Å². The predicted molar refractivity (Wildman–Crippen MR) is 96.4 cm³/mol. The van der Waals surface area contributed by atoms with Crippen LogP contribution in [0, 0.1) is 23.2 Å². The molecule has 4 fully saturated rings. The summed E-state index contributed by atoms with van der Waals surface area (Å²) in [6.07, 6.45) is 10.5. The van der Waals surface area contributed by atoms with Crippen molar-refractivity contribution in [3.05, 3.63) is 11.8 Å². The maximum Gasteiger partial charge on any atom is 0.260 e. The highest BCUT2D eigenvalue weighted by molar-refractivity contribution is 5.91. The molecular weight excluding hydrogens is 330 g/mol. The van der Waals surface area contributed by atoms with Gasteiger partial charge in [-0.15, -0.1) is 0 Å². The second-order valence-corrected chi connectivity index (χ2v) is 9.00. The summed E-state index contributed by atoms with van der Waals surface area (Å²) in [6.45, 7) is 1.72. The number of ketones is 1. The zero-order valence-corrected chi connectivity index (χ0v) is 15.5. The number of carbonyl (C=O) groups excluding carboxylic acids is 3. The van der Waals surface area contributed by atoms with E-state index in [1.54, 1.807) is 13.0 Å². The molecule has 0 saturated heterocycles. The fourth-order valence-electron chi connectivity index (χ4n) is 5.94. The number of amides is 2. The Balaban J connectivity index is 1.31. The van der Waals surface area contributed by atoms with Gasteiger partial charge in [-0.25, -0.2) is 0 Å². The lowest BCUT2D eigenvalue weighted by atomic mass is 9.49. The number of hydrogen-bond donors (Lipinski definition) is 3. The summed E-state index contributed by atoms with van der Waals surface area (Å²) in [4.78, 5) is 36.7. The Labute approximate surface area is 154 Å². The van der Waals surface area contributed by atoms with Crippen LogP contribution >= 0.6 is 0 Å². The number of allylic oxidation sites excluding steroid dienone is 2. The Morgan fingerprint density at radius 1 is 1.08 bits per heavy atom. The standard InChI is InChI=1S/C20H29N3O3/c1-12(18(25)23-22-16-3-2-4-17(24)8-16)21-19(26)20-9-13-5-14(10-20)7-15(6-13)11-20/h8,12-15,22H,2-7,9-11H2,1H3,(H,21,26)(H,23,25)/t12-,13?,14?,15?,20?/m1/s1. The average molecular weight is 359 g/mol. The highest BCUT2D eigenvalue weighted by Gasteiger charge is 2.54. The molecule has 5 aliphatic rings. The Bertz CT molecular complexity index is 619. The van der Waals surface area contributed by atoms with Crippen LogP contribution in [0.1, 0.15) is 64.7 Å². The predicted octanol–water partition coefficient (Wildman–Crippen LogP) is 1.97. The van der Waals surface area contributed by atoms with Gasteiger partial charge in [0.1, 0.15) is 6.04 Å². The molecule has 5 rings (SSSR count). The quantitative estimate of drug-likeness (QED) is 0.655. The summed E-state index contributed by atoms with van der Waals surface area (Å²) in [5, 5.41) is 2.96. The van der Waals surface area contributed by atoms with Crippen molar-refractivity contribution in [2.75, 3.05) is 0 Å². The van der Waals surface area contributed by atoms with Gasteiger partial charge in [-0.3, -0.25) is 19.8 Å². The zero-order valence-electron chi connectivity index (χ0n) is 15.5. The van der Waals surface area contributed by atoms with E-state index >= 15 is 0 Å². The number of carbonyl (C=O) groups is 3. The Hall–Kier alpha value is -1.85. The normalized spacial score (nSPS) is 36.3. The van der Waals surface area contributed by atoms with Gasteiger partial charge in [0.25, 0.3) is 5.91 Å². The van der Waals surface area contributed by atoms with Crippen molar-refractivity contribution in [3.8, 4) is 0 Å². The van der Waals surface area contributed by atoms with Crippen LogP contribution in [0.3, 0.4) is 0 Å². The van der Waals surface area contributed by atoms with Crippen LogP contribution in [-0.2, 0) is 14.4 Å².